The number of hydrogen-bond donors (Lipinski definition) is 1. The molecular formula is C11H11FN2O2. The smallest absolute Gasteiger partial charge is 0.416 e. The molecule has 1 heterocycles. The van der Waals surface area contributed by atoms with Crippen LogP contribution in [0.15, 0.2) is 24.3 Å². The summed E-state index contributed by atoms with van der Waals surface area (Å²) in [5, 5.41) is 7.64. The van der Waals surface area contributed by atoms with Crippen LogP contribution in [-0.2, 0) is 11.3 Å². The van der Waals surface area contributed by atoms with Crippen molar-refractivity contribution in [1.29, 1.82) is 5.41 Å². The SMILES string of the molecule is CC1OC(=O)N(Cc2ccc(F)cc2)C1=N. The van der Waals surface area contributed by atoms with Gasteiger partial charge in [0.25, 0.3) is 0 Å². The number of amides is 1. The molecule has 1 fully saturated rings. The molecule has 1 amide bonds. The number of carbonyl (C=O) groups is 1. The van der Waals surface area contributed by atoms with Crippen LogP contribution in [-0.4, -0.2) is 22.9 Å². The Hall–Kier alpha value is -1.91. The van der Waals surface area contributed by atoms with E-state index < -0.39 is 12.2 Å². The lowest BCUT2D eigenvalue weighted by Crippen LogP contribution is -2.29. The average molecular weight is 222 g/mol. The van der Waals surface area contributed by atoms with Crippen LogP contribution in [0.1, 0.15) is 12.5 Å². The summed E-state index contributed by atoms with van der Waals surface area (Å²) >= 11 is 0. The van der Waals surface area contributed by atoms with Gasteiger partial charge in [0.1, 0.15) is 11.7 Å². The zero-order valence-corrected chi connectivity index (χ0v) is 8.74. The van der Waals surface area contributed by atoms with Crippen molar-refractivity contribution in [2.45, 2.75) is 19.6 Å². The van der Waals surface area contributed by atoms with Gasteiger partial charge >= 0.3 is 6.09 Å². The topological polar surface area (TPSA) is 53.4 Å². The van der Waals surface area contributed by atoms with Gasteiger partial charge in [0, 0.05) is 0 Å². The molecule has 84 valence electrons. The maximum absolute atomic E-state index is 12.7. The van der Waals surface area contributed by atoms with E-state index in [1.165, 1.54) is 17.0 Å². The van der Waals surface area contributed by atoms with E-state index in [9.17, 15) is 9.18 Å². The number of halogens is 1. The monoisotopic (exact) mass is 222 g/mol. The summed E-state index contributed by atoms with van der Waals surface area (Å²) in [4.78, 5) is 12.6. The summed E-state index contributed by atoms with van der Waals surface area (Å²) in [5.41, 5.74) is 0.761. The van der Waals surface area contributed by atoms with Crippen LogP contribution < -0.4 is 0 Å². The Bertz CT molecular complexity index is 430. The van der Waals surface area contributed by atoms with Crippen LogP contribution in [0.25, 0.3) is 0 Å². The first-order valence-corrected chi connectivity index (χ1v) is 4.89. The summed E-state index contributed by atoms with van der Waals surface area (Å²) < 4.78 is 17.5. The van der Waals surface area contributed by atoms with Crippen molar-refractivity contribution in [3.63, 3.8) is 0 Å². The third-order valence-electron chi connectivity index (χ3n) is 2.43. The number of nitrogens with one attached hydrogen (secondary N) is 1. The van der Waals surface area contributed by atoms with Crippen LogP contribution in [0.3, 0.4) is 0 Å². The quantitative estimate of drug-likeness (QED) is 0.833. The lowest BCUT2D eigenvalue weighted by atomic mass is 10.2. The van der Waals surface area contributed by atoms with E-state index in [1.54, 1.807) is 19.1 Å². The van der Waals surface area contributed by atoms with Gasteiger partial charge in [-0.05, 0) is 24.6 Å². The van der Waals surface area contributed by atoms with E-state index in [-0.39, 0.29) is 18.2 Å². The van der Waals surface area contributed by atoms with E-state index in [0.29, 0.717) is 0 Å². The Balaban J connectivity index is 2.13. The second-order valence-corrected chi connectivity index (χ2v) is 3.62. The zero-order chi connectivity index (χ0) is 11.7. The number of cyclic esters (lactones) is 1. The van der Waals surface area contributed by atoms with Crippen molar-refractivity contribution < 1.29 is 13.9 Å². The van der Waals surface area contributed by atoms with E-state index in [1.807, 2.05) is 0 Å². The van der Waals surface area contributed by atoms with Crippen molar-refractivity contribution in [2.75, 3.05) is 0 Å². The summed E-state index contributed by atoms with van der Waals surface area (Å²) in [5.74, 6) is -0.189. The van der Waals surface area contributed by atoms with Crippen molar-refractivity contribution in [3.05, 3.63) is 35.6 Å². The Morgan fingerprint density at radius 3 is 2.56 bits per heavy atom. The van der Waals surface area contributed by atoms with Crippen LogP contribution in [0, 0.1) is 11.2 Å². The number of benzene rings is 1. The molecule has 0 bridgehead atoms. The Morgan fingerprint density at radius 2 is 2.06 bits per heavy atom. The summed E-state index contributed by atoms with van der Waals surface area (Å²) in [6.45, 7) is 1.88. The van der Waals surface area contributed by atoms with Crippen LogP contribution >= 0.6 is 0 Å². The molecule has 1 saturated heterocycles. The van der Waals surface area contributed by atoms with Crippen LogP contribution in [0.4, 0.5) is 9.18 Å². The van der Waals surface area contributed by atoms with Gasteiger partial charge in [-0.15, -0.1) is 0 Å². The number of ether oxygens (including phenoxy) is 1. The molecule has 0 aliphatic carbocycles. The largest absolute Gasteiger partial charge is 0.438 e. The fraction of sp³-hybridized carbons (Fsp3) is 0.273. The molecule has 2 rings (SSSR count). The van der Waals surface area contributed by atoms with Gasteiger partial charge in [0.15, 0.2) is 6.10 Å². The lowest BCUT2D eigenvalue weighted by molar-refractivity contribution is 0.138. The first-order chi connectivity index (χ1) is 7.58. The Kier molecular flexibility index (Phi) is 2.60. The molecule has 4 nitrogen and oxygen atoms in total. The molecule has 1 aliphatic rings. The van der Waals surface area contributed by atoms with Crippen LogP contribution in [0.2, 0.25) is 0 Å². The fourth-order valence-electron chi connectivity index (χ4n) is 1.51. The first-order valence-electron chi connectivity index (χ1n) is 4.89. The molecule has 1 aliphatic heterocycles. The van der Waals surface area contributed by atoms with Crippen molar-refractivity contribution in [3.8, 4) is 0 Å². The number of hydrogen-bond acceptors (Lipinski definition) is 3. The second kappa shape index (κ2) is 3.92. The molecule has 0 saturated carbocycles. The van der Waals surface area contributed by atoms with Gasteiger partial charge in [0.2, 0.25) is 0 Å². The molecular weight excluding hydrogens is 211 g/mol. The highest BCUT2D eigenvalue weighted by Crippen LogP contribution is 2.16. The molecule has 0 radical (unpaired) electrons. The van der Waals surface area contributed by atoms with Gasteiger partial charge < -0.3 is 4.74 Å². The summed E-state index contributed by atoms with van der Waals surface area (Å²) in [7, 11) is 0. The standard InChI is InChI=1S/C11H11FN2O2/c1-7-10(13)14(11(15)16-7)6-8-2-4-9(12)5-3-8/h2-5,7,13H,6H2,1H3. The predicted octanol–water partition coefficient (Wildman–Crippen LogP) is 2.14. The van der Waals surface area contributed by atoms with E-state index in [0.717, 1.165) is 5.56 Å². The molecule has 1 atom stereocenters. The van der Waals surface area contributed by atoms with E-state index >= 15 is 0 Å². The molecule has 16 heavy (non-hydrogen) atoms. The van der Waals surface area contributed by atoms with Crippen molar-refractivity contribution >= 4 is 11.9 Å². The maximum Gasteiger partial charge on any atom is 0.416 e. The van der Waals surface area contributed by atoms with Gasteiger partial charge in [-0.1, -0.05) is 12.1 Å². The second-order valence-electron chi connectivity index (χ2n) is 3.62. The maximum atomic E-state index is 12.7. The zero-order valence-electron chi connectivity index (χ0n) is 8.74. The summed E-state index contributed by atoms with van der Waals surface area (Å²) in [6, 6.07) is 5.81. The number of carbonyl (C=O) groups excluding carboxylic acids is 1. The molecule has 1 aromatic rings. The Labute approximate surface area is 92.1 Å². The molecule has 0 aromatic heterocycles. The van der Waals surface area contributed by atoms with Gasteiger partial charge in [-0.25, -0.2) is 9.18 Å². The predicted molar refractivity (Wildman–Crippen MR) is 55.6 cm³/mol. The minimum atomic E-state index is -0.526. The molecule has 1 unspecified atom stereocenters. The number of nitrogens with zero attached hydrogens (tertiary/aromatic N) is 1. The molecule has 0 spiro atoms. The average Bonchev–Trinajstić information content (AvgIpc) is 2.48. The Morgan fingerprint density at radius 1 is 1.44 bits per heavy atom. The normalized spacial score (nSPS) is 20.1. The highest BCUT2D eigenvalue weighted by atomic mass is 19.1. The number of rotatable bonds is 2. The highest BCUT2D eigenvalue weighted by molar-refractivity contribution is 6.01. The van der Waals surface area contributed by atoms with E-state index in [2.05, 4.69) is 0 Å². The van der Waals surface area contributed by atoms with E-state index in [4.69, 9.17) is 10.1 Å². The van der Waals surface area contributed by atoms with Crippen LogP contribution in [0.5, 0.6) is 0 Å². The third kappa shape index (κ3) is 1.88. The van der Waals surface area contributed by atoms with Crippen molar-refractivity contribution in [2.24, 2.45) is 0 Å². The van der Waals surface area contributed by atoms with Gasteiger partial charge in [-0.2, -0.15) is 0 Å². The minimum absolute atomic E-state index is 0.134. The minimum Gasteiger partial charge on any atom is -0.438 e. The van der Waals surface area contributed by atoms with Gasteiger partial charge in [-0.3, -0.25) is 10.3 Å². The third-order valence-corrected chi connectivity index (χ3v) is 2.43. The highest BCUT2D eigenvalue weighted by Gasteiger charge is 2.34. The van der Waals surface area contributed by atoms with Gasteiger partial charge in [0.05, 0.1) is 6.54 Å². The first kappa shape index (κ1) is 10.6. The lowest BCUT2D eigenvalue weighted by Gasteiger charge is -2.12. The number of amidine groups is 1. The molecule has 1 N–H and O–H groups in total. The van der Waals surface area contributed by atoms with Crippen molar-refractivity contribution in [1.82, 2.24) is 4.90 Å². The fourth-order valence-corrected chi connectivity index (χ4v) is 1.51. The molecule has 1 aromatic carbocycles. The summed E-state index contributed by atoms with van der Waals surface area (Å²) in [6.07, 6.45) is -1.03. The molecule has 5 heteroatoms.